The largest absolute Gasteiger partial charge is 0.497 e. The number of H-pyrrole nitrogens is 1. The molecule has 2 N–H and O–H groups in total. The fraction of sp³-hybridized carbons (Fsp3) is 0.550. The number of piperazine rings is 1. The molecule has 0 aliphatic carbocycles. The Morgan fingerprint density at radius 1 is 1.11 bits per heavy atom. The van der Waals surface area contributed by atoms with Crippen LogP contribution in [-0.2, 0) is 13.1 Å². The first-order valence-corrected chi connectivity index (χ1v) is 9.41. The number of aromatic nitrogens is 2. The third-order valence-corrected chi connectivity index (χ3v) is 5.09. The fourth-order valence-corrected chi connectivity index (χ4v) is 3.71. The standard InChI is InChI=1S/C20H30N4O3/c1-15-8-17(22-21-15)13-23-5-6-24(18(14-23)4-7-25)12-16-9-19(26-2)11-20(10-16)27-3/h8-11,18,25H,4-7,12-14H2,1-3H3,(H,21,22). The van der Waals surface area contributed by atoms with Crippen LogP contribution in [0.15, 0.2) is 24.3 Å². The van der Waals surface area contributed by atoms with Crippen LogP contribution < -0.4 is 9.47 Å². The van der Waals surface area contributed by atoms with Crippen molar-refractivity contribution in [1.29, 1.82) is 0 Å². The lowest BCUT2D eigenvalue weighted by atomic mass is 10.1. The van der Waals surface area contributed by atoms with E-state index < -0.39 is 0 Å². The molecule has 3 rings (SSSR count). The summed E-state index contributed by atoms with van der Waals surface area (Å²) in [5.41, 5.74) is 3.31. The summed E-state index contributed by atoms with van der Waals surface area (Å²) in [5, 5.41) is 16.9. The van der Waals surface area contributed by atoms with Crippen LogP contribution in [0.25, 0.3) is 0 Å². The second-order valence-corrected chi connectivity index (χ2v) is 7.13. The van der Waals surface area contributed by atoms with Crippen molar-refractivity contribution in [3.05, 3.63) is 41.2 Å². The Labute approximate surface area is 160 Å². The van der Waals surface area contributed by atoms with Crippen LogP contribution >= 0.6 is 0 Å². The molecule has 0 amide bonds. The molecule has 1 aliphatic rings. The average molecular weight is 374 g/mol. The Bertz CT molecular complexity index is 712. The Kier molecular flexibility index (Phi) is 6.71. The second kappa shape index (κ2) is 9.21. The zero-order valence-electron chi connectivity index (χ0n) is 16.4. The molecule has 1 atom stereocenters. The molecular formula is C20H30N4O3. The van der Waals surface area contributed by atoms with E-state index in [1.54, 1.807) is 14.2 Å². The minimum atomic E-state index is 0.192. The summed E-state index contributed by atoms with van der Waals surface area (Å²) >= 11 is 0. The number of hydrogen-bond donors (Lipinski definition) is 2. The quantitative estimate of drug-likeness (QED) is 0.734. The summed E-state index contributed by atoms with van der Waals surface area (Å²) < 4.78 is 10.8. The molecular weight excluding hydrogens is 344 g/mol. The predicted molar refractivity (Wildman–Crippen MR) is 104 cm³/mol. The van der Waals surface area contributed by atoms with Crippen molar-refractivity contribution >= 4 is 0 Å². The van der Waals surface area contributed by atoms with Gasteiger partial charge in [0.05, 0.1) is 19.9 Å². The van der Waals surface area contributed by atoms with Crippen molar-refractivity contribution in [2.75, 3.05) is 40.5 Å². The molecule has 1 aromatic heterocycles. The first kappa shape index (κ1) is 19.7. The molecule has 27 heavy (non-hydrogen) atoms. The third kappa shape index (κ3) is 5.22. The summed E-state index contributed by atoms with van der Waals surface area (Å²) in [7, 11) is 3.34. The van der Waals surface area contributed by atoms with Gasteiger partial charge < -0.3 is 14.6 Å². The number of aliphatic hydroxyl groups excluding tert-OH is 1. The summed E-state index contributed by atoms with van der Waals surface area (Å²) in [4.78, 5) is 4.86. The highest BCUT2D eigenvalue weighted by Gasteiger charge is 2.27. The molecule has 1 unspecified atom stereocenters. The van der Waals surface area contributed by atoms with Gasteiger partial charge in [-0.15, -0.1) is 0 Å². The van der Waals surface area contributed by atoms with Crippen molar-refractivity contribution in [1.82, 2.24) is 20.0 Å². The van der Waals surface area contributed by atoms with E-state index in [4.69, 9.17) is 9.47 Å². The van der Waals surface area contributed by atoms with Gasteiger partial charge >= 0.3 is 0 Å². The van der Waals surface area contributed by atoms with Gasteiger partial charge in [-0.05, 0) is 37.1 Å². The van der Waals surface area contributed by atoms with Gasteiger partial charge in [0.15, 0.2) is 0 Å². The number of nitrogens with zero attached hydrogens (tertiary/aromatic N) is 3. The van der Waals surface area contributed by atoms with Gasteiger partial charge in [-0.3, -0.25) is 14.9 Å². The normalized spacial score (nSPS) is 18.6. The molecule has 0 radical (unpaired) electrons. The van der Waals surface area contributed by atoms with E-state index in [2.05, 4.69) is 38.2 Å². The average Bonchev–Trinajstić information content (AvgIpc) is 3.08. The fourth-order valence-electron chi connectivity index (χ4n) is 3.71. The Morgan fingerprint density at radius 2 is 1.85 bits per heavy atom. The molecule has 7 nitrogen and oxygen atoms in total. The van der Waals surface area contributed by atoms with E-state index in [1.807, 2.05) is 13.0 Å². The van der Waals surface area contributed by atoms with E-state index in [0.717, 1.165) is 67.6 Å². The van der Waals surface area contributed by atoms with Gasteiger partial charge in [-0.1, -0.05) is 0 Å². The number of nitrogens with one attached hydrogen (secondary N) is 1. The van der Waals surface area contributed by atoms with E-state index >= 15 is 0 Å². The number of aliphatic hydroxyl groups is 1. The van der Waals surface area contributed by atoms with Gasteiger partial charge in [0.2, 0.25) is 0 Å². The van der Waals surface area contributed by atoms with Crippen LogP contribution in [0.1, 0.15) is 23.4 Å². The molecule has 0 bridgehead atoms. The summed E-state index contributed by atoms with van der Waals surface area (Å²) in [5.74, 6) is 1.60. The first-order valence-electron chi connectivity index (χ1n) is 9.41. The van der Waals surface area contributed by atoms with Crippen molar-refractivity contribution in [2.45, 2.75) is 32.5 Å². The number of rotatable bonds is 8. The molecule has 2 aromatic rings. The van der Waals surface area contributed by atoms with E-state index in [0.29, 0.717) is 6.04 Å². The molecule has 148 valence electrons. The lowest BCUT2D eigenvalue weighted by Crippen LogP contribution is -2.52. The maximum atomic E-state index is 9.54. The summed E-state index contributed by atoms with van der Waals surface area (Å²) in [6.07, 6.45) is 0.761. The highest BCUT2D eigenvalue weighted by atomic mass is 16.5. The minimum absolute atomic E-state index is 0.192. The lowest BCUT2D eigenvalue weighted by molar-refractivity contribution is 0.0493. The second-order valence-electron chi connectivity index (χ2n) is 7.13. The smallest absolute Gasteiger partial charge is 0.122 e. The van der Waals surface area contributed by atoms with E-state index in [1.165, 1.54) is 0 Å². The highest BCUT2D eigenvalue weighted by Crippen LogP contribution is 2.25. The van der Waals surface area contributed by atoms with Gasteiger partial charge in [0.1, 0.15) is 11.5 Å². The molecule has 0 spiro atoms. The van der Waals surface area contributed by atoms with Crippen LogP contribution in [0.5, 0.6) is 11.5 Å². The van der Waals surface area contributed by atoms with Crippen molar-refractivity contribution in [3.63, 3.8) is 0 Å². The maximum Gasteiger partial charge on any atom is 0.122 e. The SMILES string of the molecule is COc1cc(CN2CCN(Cc3cc(C)[nH]n3)CC2CCO)cc(OC)c1. The first-order chi connectivity index (χ1) is 13.1. The summed E-state index contributed by atoms with van der Waals surface area (Å²) in [6, 6.07) is 8.39. The van der Waals surface area contributed by atoms with Gasteiger partial charge in [0, 0.05) is 57.1 Å². The molecule has 1 aromatic carbocycles. The Morgan fingerprint density at radius 3 is 2.44 bits per heavy atom. The topological polar surface area (TPSA) is 73.9 Å². The predicted octanol–water partition coefficient (Wildman–Crippen LogP) is 1.80. The maximum absolute atomic E-state index is 9.54. The van der Waals surface area contributed by atoms with Crippen LogP contribution in [0, 0.1) is 6.92 Å². The number of hydrogen-bond acceptors (Lipinski definition) is 6. The zero-order valence-corrected chi connectivity index (χ0v) is 16.4. The van der Waals surface area contributed by atoms with Crippen molar-refractivity contribution < 1.29 is 14.6 Å². The Hall–Kier alpha value is -2.09. The molecule has 2 heterocycles. The summed E-state index contributed by atoms with van der Waals surface area (Å²) in [6.45, 7) is 6.72. The zero-order chi connectivity index (χ0) is 19.2. The number of benzene rings is 1. The molecule has 1 fully saturated rings. The number of aryl methyl sites for hydroxylation is 1. The molecule has 0 saturated carbocycles. The van der Waals surface area contributed by atoms with Gasteiger partial charge in [0.25, 0.3) is 0 Å². The monoisotopic (exact) mass is 374 g/mol. The third-order valence-electron chi connectivity index (χ3n) is 5.09. The van der Waals surface area contributed by atoms with Crippen LogP contribution in [-0.4, -0.2) is 71.6 Å². The van der Waals surface area contributed by atoms with E-state index in [9.17, 15) is 5.11 Å². The van der Waals surface area contributed by atoms with E-state index in [-0.39, 0.29) is 6.61 Å². The highest BCUT2D eigenvalue weighted by molar-refractivity contribution is 5.38. The molecule has 7 heteroatoms. The van der Waals surface area contributed by atoms with Crippen LogP contribution in [0.2, 0.25) is 0 Å². The van der Waals surface area contributed by atoms with Crippen LogP contribution in [0.4, 0.5) is 0 Å². The number of methoxy groups -OCH3 is 2. The minimum Gasteiger partial charge on any atom is -0.497 e. The lowest BCUT2D eigenvalue weighted by Gasteiger charge is -2.41. The Balaban J connectivity index is 1.67. The number of ether oxygens (including phenoxy) is 2. The number of aromatic amines is 1. The van der Waals surface area contributed by atoms with Crippen molar-refractivity contribution in [3.8, 4) is 11.5 Å². The van der Waals surface area contributed by atoms with Crippen LogP contribution in [0.3, 0.4) is 0 Å². The van der Waals surface area contributed by atoms with Crippen molar-refractivity contribution in [2.24, 2.45) is 0 Å². The molecule has 1 saturated heterocycles. The van der Waals surface area contributed by atoms with Gasteiger partial charge in [-0.25, -0.2) is 0 Å². The molecule has 1 aliphatic heterocycles. The van der Waals surface area contributed by atoms with Gasteiger partial charge in [-0.2, -0.15) is 5.10 Å².